The minimum Gasteiger partial charge on any atom is -0.447 e. The number of carbonyl (C=O) groups excluding carboxylic acids is 1. The van der Waals surface area contributed by atoms with E-state index >= 15 is 0 Å². The van der Waals surface area contributed by atoms with Gasteiger partial charge in [0, 0.05) is 5.92 Å². The van der Waals surface area contributed by atoms with Crippen LogP contribution >= 0.6 is 0 Å². The lowest BCUT2D eigenvalue weighted by molar-refractivity contribution is -0.544. The topological polar surface area (TPSA) is 48.0 Å². The molecule has 2 aromatic rings. The van der Waals surface area contributed by atoms with Gasteiger partial charge in [-0.25, -0.2) is 14.6 Å². The molecule has 4 rings (SSSR count). The second kappa shape index (κ2) is 5.92. The number of ether oxygens (including phenoxy) is 1. The van der Waals surface area contributed by atoms with Crippen LogP contribution in [0.4, 0.5) is 4.79 Å². The average Bonchev–Trinajstić information content (AvgIpc) is 3.02. The van der Waals surface area contributed by atoms with Gasteiger partial charge < -0.3 is 4.74 Å². The van der Waals surface area contributed by atoms with E-state index in [0.717, 1.165) is 11.1 Å². The van der Waals surface area contributed by atoms with Crippen LogP contribution in [0.5, 0.6) is 0 Å². The van der Waals surface area contributed by atoms with Crippen molar-refractivity contribution in [2.45, 2.75) is 24.7 Å². The van der Waals surface area contributed by atoms with Gasteiger partial charge in [-0.3, -0.25) is 4.90 Å². The van der Waals surface area contributed by atoms with E-state index in [1.807, 2.05) is 48.5 Å². The van der Waals surface area contributed by atoms with Crippen LogP contribution in [0.3, 0.4) is 0 Å². The summed E-state index contributed by atoms with van der Waals surface area (Å²) in [7, 11) is 0. The molecule has 1 amide bonds. The molecule has 2 aromatic carbocycles. The molecule has 2 saturated heterocycles. The molecule has 0 spiro atoms. The molecule has 0 radical (unpaired) electrons. The Kier molecular flexibility index (Phi) is 3.75. The van der Waals surface area contributed by atoms with E-state index in [0.29, 0.717) is 13.2 Å². The zero-order valence-corrected chi connectivity index (χ0v) is 13.4. The Morgan fingerprint density at radius 2 is 1.75 bits per heavy atom. The second-order valence-corrected chi connectivity index (χ2v) is 6.13. The van der Waals surface area contributed by atoms with Gasteiger partial charge in [-0.15, -0.1) is 0 Å². The highest BCUT2D eigenvalue weighted by Gasteiger charge is 2.61. The summed E-state index contributed by atoms with van der Waals surface area (Å²) in [5.41, 5.74) is 1.35. The molecule has 5 heteroatoms. The maximum atomic E-state index is 12.1. The van der Waals surface area contributed by atoms with Gasteiger partial charge in [0.05, 0.1) is 6.54 Å². The molecule has 0 bridgehead atoms. The van der Waals surface area contributed by atoms with Crippen molar-refractivity contribution in [3.8, 4) is 0 Å². The lowest BCUT2D eigenvalue weighted by Crippen LogP contribution is -2.64. The standard InChI is InChI=1S/C19H19NO4/c1-14(15-8-4-2-5-9-15)19(16-10-6-3-7-11-16)17(23-24-19)20-12-13-22-18(20)21/h2-11,14,17H,12-13H2,1H3. The van der Waals surface area contributed by atoms with Crippen molar-refractivity contribution in [1.82, 2.24) is 4.90 Å². The molecule has 0 aromatic heterocycles. The van der Waals surface area contributed by atoms with Gasteiger partial charge in [-0.05, 0) is 11.1 Å². The van der Waals surface area contributed by atoms with Crippen LogP contribution < -0.4 is 0 Å². The normalized spacial score (nSPS) is 27.5. The Bertz CT molecular complexity index is 721. The molecule has 124 valence electrons. The van der Waals surface area contributed by atoms with Gasteiger partial charge in [0.1, 0.15) is 6.61 Å². The fourth-order valence-corrected chi connectivity index (χ4v) is 3.51. The molecule has 3 atom stereocenters. The van der Waals surface area contributed by atoms with Crippen LogP contribution in [0.1, 0.15) is 24.0 Å². The van der Waals surface area contributed by atoms with E-state index in [-0.39, 0.29) is 12.0 Å². The summed E-state index contributed by atoms with van der Waals surface area (Å²) in [4.78, 5) is 24.8. The highest BCUT2D eigenvalue weighted by molar-refractivity contribution is 5.70. The number of amides is 1. The van der Waals surface area contributed by atoms with Crippen molar-refractivity contribution in [1.29, 1.82) is 0 Å². The molecular formula is C19H19NO4. The molecule has 2 aliphatic heterocycles. The van der Waals surface area contributed by atoms with E-state index < -0.39 is 11.8 Å². The predicted octanol–water partition coefficient (Wildman–Crippen LogP) is 3.43. The first kappa shape index (κ1) is 15.2. The van der Waals surface area contributed by atoms with E-state index in [4.69, 9.17) is 14.5 Å². The molecular weight excluding hydrogens is 306 g/mol. The van der Waals surface area contributed by atoms with Crippen molar-refractivity contribution in [3.63, 3.8) is 0 Å². The predicted molar refractivity (Wildman–Crippen MR) is 87.0 cm³/mol. The average molecular weight is 325 g/mol. The van der Waals surface area contributed by atoms with Crippen LogP contribution in [0, 0.1) is 0 Å². The smallest absolute Gasteiger partial charge is 0.412 e. The van der Waals surface area contributed by atoms with Gasteiger partial charge in [-0.2, -0.15) is 0 Å². The quantitative estimate of drug-likeness (QED) is 0.808. The fraction of sp³-hybridized carbons (Fsp3) is 0.316. The van der Waals surface area contributed by atoms with Crippen molar-refractivity contribution in [3.05, 3.63) is 71.8 Å². The molecule has 2 heterocycles. The molecule has 0 aliphatic carbocycles. The monoisotopic (exact) mass is 325 g/mol. The van der Waals surface area contributed by atoms with Crippen LogP contribution in [0.2, 0.25) is 0 Å². The zero-order valence-electron chi connectivity index (χ0n) is 13.4. The molecule has 3 unspecified atom stereocenters. The number of rotatable bonds is 4. The largest absolute Gasteiger partial charge is 0.447 e. The maximum Gasteiger partial charge on any atom is 0.412 e. The molecule has 5 nitrogen and oxygen atoms in total. The Morgan fingerprint density at radius 3 is 2.29 bits per heavy atom. The lowest BCUT2D eigenvalue weighted by atomic mass is 9.75. The number of carbonyl (C=O) groups is 1. The van der Waals surface area contributed by atoms with Gasteiger partial charge >= 0.3 is 6.09 Å². The number of hydrogen-bond acceptors (Lipinski definition) is 4. The molecule has 0 N–H and O–H groups in total. The van der Waals surface area contributed by atoms with Gasteiger partial charge in [0.15, 0.2) is 5.60 Å². The number of cyclic esters (lactones) is 1. The van der Waals surface area contributed by atoms with E-state index in [2.05, 4.69) is 19.1 Å². The molecule has 24 heavy (non-hydrogen) atoms. The van der Waals surface area contributed by atoms with Crippen molar-refractivity contribution >= 4 is 6.09 Å². The summed E-state index contributed by atoms with van der Waals surface area (Å²) >= 11 is 0. The summed E-state index contributed by atoms with van der Waals surface area (Å²) in [5.74, 6) is -0.00625. The van der Waals surface area contributed by atoms with Crippen LogP contribution in [0.15, 0.2) is 60.7 Å². The Morgan fingerprint density at radius 1 is 1.08 bits per heavy atom. The minimum atomic E-state index is -0.758. The summed E-state index contributed by atoms with van der Waals surface area (Å²) in [5, 5.41) is 0. The van der Waals surface area contributed by atoms with Crippen LogP contribution in [-0.2, 0) is 20.1 Å². The number of benzene rings is 2. The summed E-state index contributed by atoms with van der Waals surface area (Å²) in [6, 6.07) is 20.0. The van der Waals surface area contributed by atoms with Crippen molar-refractivity contribution in [2.75, 3.05) is 13.2 Å². The summed E-state index contributed by atoms with van der Waals surface area (Å²) in [6.45, 7) is 2.98. The van der Waals surface area contributed by atoms with Crippen molar-refractivity contribution < 1.29 is 19.3 Å². The van der Waals surface area contributed by atoms with Crippen molar-refractivity contribution in [2.24, 2.45) is 0 Å². The van der Waals surface area contributed by atoms with Crippen LogP contribution in [0.25, 0.3) is 0 Å². The SMILES string of the molecule is CC(c1ccccc1)C1(c2ccccc2)OOC1N1CCOC1=O. The van der Waals surface area contributed by atoms with E-state index in [1.165, 1.54) is 0 Å². The van der Waals surface area contributed by atoms with Gasteiger partial charge in [0.2, 0.25) is 6.23 Å². The first-order valence-electron chi connectivity index (χ1n) is 8.12. The van der Waals surface area contributed by atoms with Crippen LogP contribution in [-0.4, -0.2) is 30.4 Å². The Balaban J connectivity index is 1.78. The summed E-state index contributed by atoms with van der Waals surface area (Å²) < 4.78 is 5.09. The first-order valence-corrected chi connectivity index (χ1v) is 8.12. The minimum absolute atomic E-state index is 0.00625. The fourth-order valence-electron chi connectivity index (χ4n) is 3.51. The molecule has 2 aliphatic rings. The second-order valence-electron chi connectivity index (χ2n) is 6.13. The lowest BCUT2D eigenvalue weighted by Gasteiger charge is -2.52. The van der Waals surface area contributed by atoms with E-state index in [1.54, 1.807) is 4.90 Å². The third-order valence-electron chi connectivity index (χ3n) is 4.89. The van der Waals surface area contributed by atoms with Gasteiger partial charge in [0.25, 0.3) is 0 Å². The number of hydrogen-bond donors (Lipinski definition) is 0. The maximum absolute atomic E-state index is 12.1. The highest BCUT2D eigenvalue weighted by atomic mass is 17.3. The first-order chi connectivity index (χ1) is 11.7. The van der Waals surface area contributed by atoms with E-state index in [9.17, 15) is 4.79 Å². The Hall–Kier alpha value is -2.37. The molecule has 2 fully saturated rings. The summed E-state index contributed by atoms with van der Waals surface area (Å²) in [6.07, 6.45) is -0.867. The zero-order chi connectivity index (χ0) is 16.6. The van der Waals surface area contributed by atoms with Gasteiger partial charge in [-0.1, -0.05) is 67.6 Å². The highest BCUT2D eigenvalue weighted by Crippen LogP contribution is 2.51. The third-order valence-corrected chi connectivity index (χ3v) is 4.89. The molecule has 0 saturated carbocycles. The number of nitrogens with zero attached hydrogens (tertiary/aromatic N) is 1. The Labute approximate surface area is 140 Å². The third kappa shape index (κ3) is 2.20.